The predicted octanol–water partition coefficient (Wildman–Crippen LogP) is 3.35. The van der Waals surface area contributed by atoms with Crippen LogP contribution in [0, 0.1) is 19.7 Å². The van der Waals surface area contributed by atoms with Gasteiger partial charge in [-0.05, 0) is 36.8 Å². The minimum absolute atomic E-state index is 0.236. The fraction of sp³-hybridized carbons (Fsp3) is 0.286. The molecule has 1 fully saturated rings. The van der Waals surface area contributed by atoms with Gasteiger partial charge in [-0.3, -0.25) is 9.88 Å². The number of halogens is 1. The molecule has 0 spiro atoms. The maximum atomic E-state index is 14.8. The molecule has 0 aliphatic carbocycles. The van der Waals surface area contributed by atoms with E-state index in [4.69, 9.17) is 15.1 Å². The van der Waals surface area contributed by atoms with E-state index in [2.05, 4.69) is 34.9 Å². The average Bonchev–Trinajstić information content (AvgIpc) is 3.72. The van der Waals surface area contributed by atoms with E-state index in [1.54, 1.807) is 31.6 Å². The molecule has 5 aromatic heterocycles. The topological polar surface area (TPSA) is 132 Å². The van der Waals surface area contributed by atoms with Gasteiger partial charge in [0.05, 0.1) is 30.0 Å². The van der Waals surface area contributed by atoms with Crippen LogP contribution >= 0.6 is 0 Å². The van der Waals surface area contributed by atoms with Crippen LogP contribution in [0.3, 0.4) is 0 Å². The highest BCUT2D eigenvalue weighted by atomic mass is 19.1. The summed E-state index contributed by atoms with van der Waals surface area (Å²) in [6.07, 6.45) is 5.14. The molecule has 41 heavy (non-hydrogen) atoms. The molecule has 0 unspecified atom stereocenters. The Balaban J connectivity index is 1.05. The van der Waals surface area contributed by atoms with Crippen molar-refractivity contribution in [2.75, 3.05) is 43.4 Å². The Hall–Kier alpha value is -4.91. The van der Waals surface area contributed by atoms with Crippen LogP contribution in [0.2, 0.25) is 0 Å². The first-order valence-electron chi connectivity index (χ1n) is 13.4. The molecule has 6 aromatic rings. The number of nitrogens with two attached hydrogens (primary N) is 1. The fourth-order valence-electron chi connectivity index (χ4n) is 5.29. The van der Waals surface area contributed by atoms with Crippen molar-refractivity contribution in [3.63, 3.8) is 0 Å². The van der Waals surface area contributed by atoms with E-state index in [1.165, 1.54) is 10.6 Å². The molecule has 0 bridgehead atoms. The van der Waals surface area contributed by atoms with Gasteiger partial charge in [0.2, 0.25) is 11.8 Å². The van der Waals surface area contributed by atoms with Crippen LogP contribution in [0.5, 0.6) is 0 Å². The standard InChI is InChI=1S/C28H28FN11O/c1-17-4-3-7-31-24(17)25-34-27-20-15-33-39(26(20)35-28(30)40(27)36-25)13-10-37-8-11-38(12-9-37)22-14-19(5-6-21(22)29)23-16-32-18(2)41-23/h3-7,14-16H,8-13H2,1-2H3,(H2,30,35). The largest absolute Gasteiger partial charge is 0.441 e. The van der Waals surface area contributed by atoms with Crippen molar-refractivity contribution in [2.24, 2.45) is 0 Å². The molecule has 6 heterocycles. The minimum Gasteiger partial charge on any atom is -0.441 e. The molecule has 1 aliphatic heterocycles. The molecule has 1 aliphatic rings. The number of fused-ring (bicyclic) bond motifs is 3. The summed E-state index contributed by atoms with van der Waals surface area (Å²) in [5, 5.41) is 9.91. The first-order chi connectivity index (χ1) is 19.9. The van der Waals surface area contributed by atoms with Crippen LogP contribution in [0.1, 0.15) is 11.5 Å². The monoisotopic (exact) mass is 553 g/mol. The third kappa shape index (κ3) is 4.53. The molecule has 0 amide bonds. The smallest absolute Gasteiger partial charge is 0.225 e. The van der Waals surface area contributed by atoms with Gasteiger partial charge in [0.1, 0.15) is 11.5 Å². The molecular weight excluding hydrogens is 525 g/mol. The van der Waals surface area contributed by atoms with E-state index in [0.29, 0.717) is 59.8 Å². The van der Waals surface area contributed by atoms with Gasteiger partial charge >= 0.3 is 0 Å². The fourth-order valence-corrected chi connectivity index (χ4v) is 5.29. The van der Waals surface area contributed by atoms with E-state index in [1.807, 2.05) is 29.8 Å². The van der Waals surface area contributed by atoms with Crippen LogP contribution in [-0.2, 0) is 6.54 Å². The quantitative estimate of drug-likeness (QED) is 0.327. The predicted molar refractivity (Wildman–Crippen MR) is 152 cm³/mol. The molecule has 208 valence electrons. The summed E-state index contributed by atoms with van der Waals surface area (Å²) >= 11 is 0. The van der Waals surface area contributed by atoms with Crippen LogP contribution in [0.4, 0.5) is 16.0 Å². The SMILES string of the molecule is Cc1ncc(-c2ccc(F)c(N3CCN(CCn4ncc5c4nc(N)n4nc(-c6ncccc6C)nc54)CC3)c2)o1. The minimum atomic E-state index is -0.244. The van der Waals surface area contributed by atoms with Gasteiger partial charge in [-0.2, -0.15) is 14.6 Å². The first-order valence-corrected chi connectivity index (χ1v) is 13.4. The van der Waals surface area contributed by atoms with Gasteiger partial charge in [0, 0.05) is 51.4 Å². The van der Waals surface area contributed by atoms with E-state index < -0.39 is 0 Å². The highest BCUT2D eigenvalue weighted by molar-refractivity contribution is 5.90. The summed E-state index contributed by atoms with van der Waals surface area (Å²) in [6.45, 7) is 8.15. The second-order valence-corrected chi connectivity index (χ2v) is 10.2. The number of aryl methyl sites for hydroxylation is 2. The zero-order chi connectivity index (χ0) is 28.1. The average molecular weight is 554 g/mol. The number of nitrogen functional groups attached to an aromatic ring is 1. The number of oxazole rings is 1. The van der Waals surface area contributed by atoms with Gasteiger partial charge in [0.15, 0.2) is 22.9 Å². The molecule has 12 nitrogen and oxygen atoms in total. The number of hydrogen-bond acceptors (Lipinski definition) is 10. The lowest BCUT2D eigenvalue weighted by atomic mass is 10.1. The lowest BCUT2D eigenvalue weighted by molar-refractivity contribution is 0.245. The van der Waals surface area contributed by atoms with Gasteiger partial charge in [-0.25, -0.2) is 19.0 Å². The maximum Gasteiger partial charge on any atom is 0.225 e. The Labute approximate surface area is 234 Å². The van der Waals surface area contributed by atoms with Crippen LogP contribution in [0.15, 0.2) is 53.3 Å². The Kier molecular flexibility index (Phi) is 6.07. The number of benzene rings is 1. The van der Waals surface area contributed by atoms with E-state index in [9.17, 15) is 4.39 Å². The zero-order valence-corrected chi connectivity index (χ0v) is 22.7. The molecular formula is C28H28FN11O. The zero-order valence-electron chi connectivity index (χ0n) is 22.7. The van der Waals surface area contributed by atoms with Crippen molar-refractivity contribution in [3.8, 4) is 22.8 Å². The van der Waals surface area contributed by atoms with Crippen LogP contribution in [0.25, 0.3) is 39.5 Å². The normalized spacial score (nSPS) is 14.5. The number of rotatable bonds is 6. The second kappa shape index (κ2) is 9.93. The molecule has 1 aromatic carbocycles. The molecule has 0 atom stereocenters. The molecule has 13 heteroatoms. The number of aromatic nitrogens is 8. The van der Waals surface area contributed by atoms with E-state index >= 15 is 0 Å². The summed E-state index contributed by atoms with van der Waals surface area (Å²) < 4.78 is 23.8. The van der Waals surface area contributed by atoms with Crippen molar-refractivity contribution in [2.45, 2.75) is 20.4 Å². The van der Waals surface area contributed by atoms with E-state index in [-0.39, 0.29) is 11.8 Å². The Morgan fingerprint density at radius 2 is 1.83 bits per heavy atom. The Morgan fingerprint density at radius 1 is 0.976 bits per heavy atom. The number of hydrogen-bond donors (Lipinski definition) is 1. The van der Waals surface area contributed by atoms with Crippen LogP contribution in [-0.4, -0.2) is 77.0 Å². The Bertz CT molecular complexity index is 1880. The maximum absolute atomic E-state index is 14.8. The van der Waals surface area contributed by atoms with Gasteiger partial charge < -0.3 is 15.1 Å². The summed E-state index contributed by atoms with van der Waals surface area (Å²) in [6, 6.07) is 8.89. The van der Waals surface area contributed by atoms with Gasteiger partial charge in [0.25, 0.3) is 0 Å². The third-order valence-corrected chi connectivity index (χ3v) is 7.51. The molecule has 7 rings (SSSR count). The third-order valence-electron chi connectivity index (χ3n) is 7.51. The van der Waals surface area contributed by atoms with Gasteiger partial charge in [-0.1, -0.05) is 6.07 Å². The number of anilines is 2. The van der Waals surface area contributed by atoms with Crippen molar-refractivity contribution >= 4 is 28.3 Å². The highest BCUT2D eigenvalue weighted by Crippen LogP contribution is 2.29. The molecule has 2 N–H and O–H groups in total. The van der Waals surface area contributed by atoms with Gasteiger partial charge in [-0.15, -0.1) is 5.10 Å². The molecule has 0 saturated carbocycles. The van der Waals surface area contributed by atoms with Crippen molar-refractivity contribution < 1.29 is 8.81 Å². The lowest BCUT2D eigenvalue weighted by Crippen LogP contribution is -2.47. The van der Waals surface area contributed by atoms with Crippen molar-refractivity contribution in [1.29, 1.82) is 0 Å². The number of nitrogens with zero attached hydrogens (tertiary/aromatic N) is 10. The summed E-state index contributed by atoms with van der Waals surface area (Å²) in [4.78, 5) is 22.3. The summed E-state index contributed by atoms with van der Waals surface area (Å²) in [5.74, 6) is 1.70. The van der Waals surface area contributed by atoms with Crippen molar-refractivity contribution in [3.05, 3.63) is 66.2 Å². The summed E-state index contributed by atoms with van der Waals surface area (Å²) in [5.41, 5.74) is 10.6. The summed E-state index contributed by atoms with van der Waals surface area (Å²) in [7, 11) is 0. The highest BCUT2D eigenvalue weighted by Gasteiger charge is 2.22. The molecule has 0 radical (unpaired) electrons. The first kappa shape index (κ1) is 25.1. The number of piperazine rings is 1. The second-order valence-electron chi connectivity index (χ2n) is 10.2. The Morgan fingerprint density at radius 3 is 2.61 bits per heavy atom. The lowest BCUT2D eigenvalue weighted by Gasteiger charge is -2.36. The molecule has 1 saturated heterocycles. The van der Waals surface area contributed by atoms with E-state index in [0.717, 1.165) is 36.1 Å². The van der Waals surface area contributed by atoms with Crippen molar-refractivity contribution in [1.82, 2.24) is 44.2 Å². The number of pyridine rings is 1. The van der Waals surface area contributed by atoms with Crippen LogP contribution < -0.4 is 10.6 Å².